The van der Waals surface area contributed by atoms with E-state index < -0.39 is 5.41 Å². The van der Waals surface area contributed by atoms with Crippen molar-refractivity contribution >= 4 is 22.8 Å². The van der Waals surface area contributed by atoms with Crippen LogP contribution in [0.5, 0.6) is 0 Å². The van der Waals surface area contributed by atoms with Gasteiger partial charge in [0.25, 0.3) is 0 Å². The van der Waals surface area contributed by atoms with E-state index in [1.807, 2.05) is 54.1 Å². The number of Topliss-reactive ketones (excluding diaryl/α,β-unsaturated/α-hetero) is 1. The third kappa shape index (κ3) is 4.68. The molecule has 0 saturated heterocycles. The van der Waals surface area contributed by atoms with Gasteiger partial charge >= 0.3 is 5.97 Å². The topological polar surface area (TPSA) is 85.0 Å². The maximum atomic E-state index is 13.7. The molecule has 0 radical (unpaired) electrons. The highest BCUT2D eigenvalue weighted by Crippen LogP contribution is 2.42. The van der Waals surface area contributed by atoms with E-state index in [4.69, 9.17) is 15.0 Å². The number of hydrogen-bond donors (Lipinski definition) is 0. The van der Waals surface area contributed by atoms with Crippen LogP contribution in [0.2, 0.25) is 0 Å². The minimum atomic E-state index is -0.682. The normalized spacial score (nSPS) is 15.2. The summed E-state index contributed by atoms with van der Waals surface area (Å²) < 4.78 is 7.23. The van der Waals surface area contributed by atoms with Crippen LogP contribution in [-0.2, 0) is 23.0 Å². The number of nitrogens with zero attached hydrogens (tertiary/aromatic N) is 3. The summed E-state index contributed by atoms with van der Waals surface area (Å²) >= 11 is 0. The van der Waals surface area contributed by atoms with Crippen LogP contribution in [0.1, 0.15) is 72.8 Å². The summed E-state index contributed by atoms with van der Waals surface area (Å²) in [5.41, 5.74) is 3.35. The molecule has 6 nitrogen and oxygen atoms in total. The molecular weight excluding hydrogens is 414 g/mol. The molecule has 1 fully saturated rings. The molecule has 0 spiro atoms. The molecular formula is C27H29N3O3. The van der Waals surface area contributed by atoms with Gasteiger partial charge in [-0.15, -0.1) is 0 Å². The number of carbonyl (C=O) groups is 2. The van der Waals surface area contributed by atoms with Crippen LogP contribution < -0.4 is 0 Å². The van der Waals surface area contributed by atoms with Crippen LogP contribution in [0.3, 0.4) is 0 Å². The number of esters is 1. The fraction of sp³-hybridized carbons (Fsp3) is 0.407. The van der Waals surface area contributed by atoms with Gasteiger partial charge in [-0.05, 0) is 55.7 Å². The second kappa shape index (κ2) is 9.58. The Morgan fingerprint density at radius 3 is 2.52 bits per heavy atom. The van der Waals surface area contributed by atoms with Gasteiger partial charge in [0.1, 0.15) is 5.82 Å². The number of aromatic nitrogens is 2. The smallest absolute Gasteiger partial charge is 0.306 e. The van der Waals surface area contributed by atoms with Crippen LogP contribution in [0.15, 0.2) is 42.5 Å². The first-order valence-electron chi connectivity index (χ1n) is 11.6. The number of ether oxygens (including phenoxy) is 1. The third-order valence-electron chi connectivity index (χ3n) is 6.76. The van der Waals surface area contributed by atoms with Gasteiger partial charge < -0.3 is 9.30 Å². The summed E-state index contributed by atoms with van der Waals surface area (Å²) in [5, 5.41) is 9.00. The highest BCUT2D eigenvalue weighted by atomic mass is 16.5. The summed E-state index contributed by atoms with van der Waals surface area (Å²) in [6, 6.07) is 15.3. The van der Waals surface area contributed by atoms with Crippen molar-refractivity contribution in [2.45, 2.75) is 51.9 Å². The molecule has 0 bridgehead atoms. The molecule has 0 atom stereocenters. The first-order valence-corrected chi connectivity index (χ1v) is 11.6. The third-order valence-corrected chi connectivity index (χ3v) is 6.76. The maximum Gasteiger partial charge on any atom is 0.306 e. The molecule has 33 heavy (non-hydrogen) atoms. The van der Waals surface area contributed by atoms with E-state index in [1.54, 1.807) is 6.92 Å². The van der Waals surface area contributed by atoms with Crippen LogP contribution >= 0.6 is 0 Å². The first kappa shape index (κ1) is 22.7. The van der Waals surface area contributed by atoms with E-state index in [-0.39, 0.29) is 18.2 Å². The molecule has 4 rings (SSSR count). The number of fused-ring (bicyclic) bond motifs is 1. The van der Waals surface area contributed by atoms with Gasteiger partial charge in [0, 0.05) is 24.4 Å². The lowest BCUT2D eigenvalue weighted by molar-refractivity contribution is -0.145. The van der Waals surface area contributed by atoms with Gasteiger partial charge in [-0.1, -0.05) is 31.4 Å². The van der Waals surface area contributed by atoms with Crippen molar-refractivity contribution in [2.75, 3.05) is 6.61 Å². The molecule has 0 N–H and O–H groups in total. The fourth-order valence-electron chi connectivity index (χ4n) is 4.94. The summed E-state index contributed by atoms with van der Waals surface area (Å²) in [6.07, 6.45) is 5.20. The van der Waals surface area contributed by atoms with Gasteiger partial charge in [-0.3, -0.25) is 9.59 Å². The molecule has 2 aromatic carbocycles. The molecule has 1 aliphatic carbocycles. The molecule has 170 valence electrons. The van der Waals surface area contributed by atoms with Gasteiger partial charge in [0.15, 0.2) is 5.78 Å². The van der Waals surface area contributed by atoms with E-state index in [0.717, 1.165) is 54.5 Å². The van der Waals surface area contributed by atoms with Crippen molar-refractivity contribution in [1.29, 1.82) is 5.26 Å². The Hall–Kier alpha value is -3.46. The lowest BCUT2D eigenvalue weighted by Gasteiger charge is -2.35. The van der Waals surface area contributed by atoms with Gasteiger partial charge in [-0.25, -0.2) is 4.98 Å². The summed E-state index contributed by atoms with van der Waals surface area (Å²) in [7, 11) is 1.97. The minimum absolute atomic E-state index is 0.0245. The van der Waals surface area contributed by atoms with Gasteiger partial charge in [-0.2, -0.15) is 5.26 Å². The number of aryl methyl sites for hydroxylation is 1. The van der Waals surface area contributed by atoms with Crippen LogP contribution in [0, 0.1) is 16.7 Å². The number of imidazole rings is 1. The Morgan fingerprint density at radius 1 is 1.12 bits per heavy atom. The molecule has 0 unspecified atom stereocenters. The zero-order chi connectivity index (χ0) is 23.4. The van der Waals surface area contributed by atoms with Crippen molar-refractivity contribution in [3.05, 3.63) is 65.0 Å². The SMILES string of the molecule is CCOC(=O)CC1(C(=O)c2ccc3c(c2)nc(Cc2ccc(C#N)cc2)n3C)CCCCC1. The average Bonchev–Trinajstić information content (AvgIpc) is 3.14. The van der Waals surface area contributed by atoms with E-state index in [1.165, 1.54) is 0 Å². The predicted octanol–water partition coefficient (Wildman–Crippen LogP) is 5.12. The Bertz CT molecular complexity index is 1210. The van der Waals surface area contributed by atoms with Crippen molar-refractivity contribution in [3.63, 3.8) is 0 Å². The van der Waals surface area contributed by atoms with E-state index >= 15 is 0 Å². The second-order valence-corrected chi connectivity index (χ2v) is 8.93. The zero-order valence-electron chi connectivity index (χ0n) is 19.3. The molecule has 1 saturated carbocycles. The average molecular weight is 444 g/mol. The van der Waals surface area contributed by atoms with Crippen LogP contribution in [-0.4, -0.2) is 27.9 Å². The molecule has 6 heteroatoms. The maximum absolute atomic E-state index is 13.7. The molecule has 1 aliphatic rings. The Labute approximate surface area is 194 Å². The summed E-state index contributed by atoms with van der Waals surface area (Å²) in [4.78, 5) is 30.8. The van der Waals surface area contributed by atoms with Crippen LogP contribution in [0.4, 0.5) is 0 Å². The fourth-order valence-corrected chi connectivity index (χ4v) is 4.94. The number of carbonyl (C=O) groups excluding carboxylic acids is 2. The van der Waals surface area contributed by atoms with E-state index in [2.05, 4.69) is 6.07 Å². The molecule has 0 amide bonds. The van der Waals surface area contributed by atoms with E-state index in [9.17, 15) is 9.59 Å². The van der Waals surface area contributed by atoms with E-state index in [0.29, 0.717) is 24.2 Å². The van der Waals surface area contributed by atoms with Crippen LogP contribution in [0.25, 0.3) is 11.0 Å². The number of nitriles is 1. The molecule has 1 aromatic heterocycles. The summed E-state index contributed by atoms with van der Waals surface area (Å²) in [6.45, 7) is 2.11. The number of ketones is 1. The monoisotopic (exact) mass is 443 g/mol. The molecule has 3 aromatic rings. The number of rotatable bonds is 7. The van der Waals surface area contributed by atoms with Gasteiger partial charge in [0.05, 0.1) is 35.7 Å². The Kier molecular flexibility index (Phi) is 6.60. The lowest BCUT2D eigenvalue weighted by Crippen LogP contribution is -2.36. The van der Waals surface area contributed by atoms with Crippen molar-refractivity contribution in [1.82, 2.24) is 9.55 Å². The highest BCUT2D eigenvalue weighted by molar-refractivity contribution is 6.04. The highest BCUT2D eigenvalue weighted by Gasteiger charge is 2.42. The van der Waals surface area contributed by atoms with Crippen molar-refractivity contribution in [2.24, 2.45) is 12.5 Å². The predicted molar refractivity (Wildman–Crippen MR) is 126 cm³/mol. The minimum Gasteiger partial charge on any atom is -0.466 e. The Morgan fingerprint density at radius 2 is 1.85 bits per heavy atom. The quantitative estimate of drug-likeness (QED) is 0.374. The standard InChI is InChI=1S/C27H29N3O3/c1-3-33-25(31)17-27(13-5-4-6-14-27)26(32)21-11-12-23-22(16-21)29-24(30(23)2)15-19-7-9-20(18-28)10-8-19/h7-12,16H,3-6,13-15,17H2,1-2H3. The zero-order valence-corrected chi connectivity index (χ0v) is 19.3. The van der Waals surface area contributed by atoms with Gasteiger partial charge in [0.2, 0.25) is 0 Å². The lowest BCUT2D eigenvalue weighted by atomic mass is 9.67. The Balaban J connectivity index is 1.63. The first-order chi connectivity index (χ1) is 16.0. The molecule has 1 heterocycles. The van der Waals surface area contributed by atoms with Crippen molar-refractivity contribution in [3.8, 4) is 6.07 Å². The largest absolute Gasteiger partial charge is 0.466 e. The molecule has 0 aliphatic heterocycles. The summed E-state index contributed by atoms with van der Waals surface area (Å²) in [5.74, 6) is 0.617. The number of hydrogen-bond acceptors (Lipinski definition) is 5. The second-order valence-electron chi connectivity index (χ2n) is 8.93. The number of benzene rings is 2. The van der Waals surface area contributed by atoms with Crippen molar-refractivity contribution < 1.29 is 14.3 Å².